The van der Waals surface area contributed by atoms with E-state index < -0.39 is 0 Å². The van der Waals surface area contributed by atoms with Crippen LogP contribution in [0.25, 0.3) is 0 Å². The van der Waals surface area contributed by atoms with Crippen molar-refractivity contribution in [3.8, 4) is 0 Å². The maximum absolute atomic E-state index is 11.6. The molecule has 1 heterocycles. The van der Waals surface area contributed by atoms with Crippen molar-refractivity contribution in [2.45, 2.75) is 13.3 Å². The molecule has 1 atom stereocenters. The Morgan fingerprint density at radius 1 is 1.36 bits per heavy atom. The molecule has 1 saturated heterocycles. The fourth-order valence-corrected chi connectivity index (χ4v) is 2.02. The molecule has 2 nitrogen and oxygen atoms in total. The molecule has 14 heavy (non-hydrogen) atoms. The third-order valence-electron chi connectivity index (χ3n) is 2.46. The number of benzene rings is 1. The van der Waals surface area contributed by atoms with E-state index in [1.165, 1.54) is 0 Å². The number of amides is 1. The number of carbonyl (C=O) groups excluding carboxylic acids is 1. The Hall–Kier alpha value is -0.830. The molecule has 0 aromatic heterocycles. The Morgan fingerprint density at radius 3 is 2.50 bits per heavy atom. The highest BCUT2D eigenvalue weighted by Crippen LogP contribution is 2.25. The summed E-state index contributed by atoms with van der Waals surface area (Å²) in [5, 5.41) is 0. The fourth-order valence-electron chi connectivity index (χ4n) is 1.76. The fraction of sp³-hybridized carbons (Fsp3) is 0.364. The van der Waals surface area contributed by atoms with E-state index in [0.717, 1.165) is 16.7 Å². The van der Waals surface area contributed by atoms with Gasteiger partial charge in [-0.15, -0.1) is 0 Å². The van der Waals surface area contributed by atoms with Crippen LogP contribution in [0.15, 0.2) is 28.7 Å². The van der Waals surface area contributed by atoms with Gasteiger partial charge in [-0.3, -0.25) is 4.79 Å². The number of halogens is 1. The van der Waals surface area contributed by atoms with E-state index in [1.807, 2.05) is 29.2 Å². The average Bonchev–Trinajstić information content (AvgIpc) is 2.47. The van der Waals surface area contributed by atoms with Crippen LogP contribution in [0.5, 0.6) is 0 Å². The summed E-state index contributed by atoms with van der Waals surface area (Å²) in [6.45, 7) is 2.96. The van der Waals surface area contributed by atoms with Crippen LogP contribution < -0.4 is 4.90 Å². The highest BCUT2D eigenvalue weighted by Gasteiger charge is 2.27. The molecule has 74 valence electrons. The second kappa shape index (κ2) is 3.73. The van der Waals surface area contributed by atoms with Gasteiger partial charge in [0.2, 0.25) is 5.91 Å². The Labute approximate surface area is 92.0 Å². The summed E-state index contributed by atoms with van der Waals surface area (Å²) in [4.78, 5) is 13.4. The van der Waals surface area contributed by atoms with Gasteiger partial charge in [0.25, 0.3) is 0 Å². The smallest absolute Gasteiger partial charge is 0.227 e. The van der Waals surface area contributed by atoms with Crippen LogP contribution in [-0.2, 0) is 4.79 Å². The topological polar surface area (TPSA) is 20.3 Å². The minimum atomic E-state index is 0.236. The third-order valence-corrected chi connectivity index (χ3v) is 2.99. The lowest BCUT2D eigenvalue weighted by Gasteiger charge is -2.15. The van der Waals surface area contributed by atoms with Crippen molar-refractivity contribution >= 4 is 27.5 Å². The highest BCUT2D eigenvalue weighted by molar-refractivity contribution is 9.10. The number of hydrogen-bond acceptors (Lipinski definition) is 1. The molecule has 0 unspecified atom stereocenters. The molecule has 0 spiro atoms. The van der Waals surface area contributed by atoms with Crippen LogP contribution in [0.2, 0.25) is 0 Å². The predicted octanol–water partition coefficient (Wildman–Crippen LogP) is 2.82. The maximum Gasteiger partial charge on any atom is 0.227 e. The van der Waals surface area contributed by atoms with E-state index in [-0.39, 0.29) is 5.91 Å². The molecule has 3 heteroatoms. The standard InChI is InChI=1S/C11H12BrNO/c1-8-6-11(14)13(7-8)10-4-2-9(12)3-5-10/h2-5,8H,6-7H2,1H3/t8-/m1/s1. The van der Waals surface area contributed by atoms with Crippen molar-refractivity contribution in [2.75, 3.05) is 11.4 Å². The van der Waals surface area contributed by atoms with E-state index in [9.17, 15) is 4.79 Å². The summed E-state index contributed by atoms with van der Waals surface area (Å²) in [5.41, 5.74) is 1.00. The van der Waals surface area contributed by atoms with E-state index >= 15 is 0 Å². The SMILES string of the molecule is C[C@@H]1CC(=O)N(c2ccc(Br)cc2)C1. The second-order valence-electron chi connectivity index (χ2n) is 3.79. The van der Waals surface area contributed by atoms with Crippen molar-refractivity contribution in [1.29, 1.82) is 0 Å². The van der Waals surface area contributed by atoms with Crippen molar-refractivity contribution in [2.24, 2.45) is 5.92 Å². The Kier molecular flexibility index (Phi) is 2.59. The lowest BCUT2D eigenvalue weighted by molar-refractivity contribution is -0.117. The largest absolute Gasteiger partial charge is 0.312 e. The Morgan fingerprint density at radius 2 is 2.00 bits per heavy atom. The van der Waals surface area contributed by atoms with E-state index in [0.29, 0.717) is 12.3 Å². The molecule has 1 aromatic rings. The Bertz CT molecular complexity index is 347. The summed E-state index contributed by atoms with van der Waals surface area (Å²) in [7, 11) is 0. The zero-order valence-electron chi connectivity index (χ0n) is 8.03. The minimum absolute atomic E-state index is 0.236. The zero-order valence-corrected chi connectivity index (χ0v) is 9.62. The van der Waals surface area contributed by atoms with Crippen LogP contribution in [0.1, 0.15) is 13.3 Å². The molecule has 1 fully saturated rings. The number of carbonyl (C=O) groups is 1. The van der Waals surface area contributed by atoms with Gasteiger partial charge in [-0.2, -0.15) is 0 Å². The Balaban J connectivity index is 2.23. The van der Waals surface area contributed by atoms with Crippen LogP contribution in [0, 0.1) is 5.92 Å². The number of nitrogens with zero attached hydrogens (tertiary/aromatic N) is 1. The van der Waals surface area contributed by atoms with E-state index in [4.69, 9.17) is 0 Å². The quantitative estimate of drug-likeness (QED) is 0.754. The molecule has 1 amide bonds. The molecule has 0 radical (unpaired) electrons. The van der Waals surface area contributed by atoms with Gasteiger partial charge < -0.3 is 4.90 Å². The van der Waals surface area contributed by atoms with Gasteiger partial charge in [-0.25, -0.2) is 0 Å². The summed E-state index contributed by atoms with van der Waals surface area (Å²) in [5.74, 6) is 0.714. The van der Waals surface area contributed by atoms with Crippen molar-refractivity contribution < 1.29 is 4.79 Å². The average molecular weight is 254 g/mol. The van der Waals surface area contributed by atoms with E-state index in [1.54, 1.807) is 0 Å². The molecule has 1 aromatic carbocycles. The number of rotatable bonds is 1. The van der Waals surface area contributed by atoms with Crippen LogP contribution >= 0.6 is 15.9 Å². The predicted molar refractivity (Wildman–Crippen MR) is 60.3 cm³/mol. The maximum atomic E-state index is 11.6. The molecule has 0 bridgehead atoms. The van der Waals surface area contributed by atoms with Crippen molar-refractivity contribution in [3.63, 3.8) is 0 Å². The van der Waals surface area contributed by atoms with E-state index in [2.05, 4.69) is 22.9 Å². The molecule has 0 saturated carbocycles. The first-order valence-corrected chi connectivity index (χ1v) is 5.52. The summed E-state index contributed by atoms with van der Waals surface area (Å²) < 4.78 is 1.04. The minimum Gasteiger partial charge on any atom is -0.312 e. The third kappa shape index (κ3) is 1.82. The van der Waals surface area contributed by atoms with Crippen molar-refractivity contribution in [3.05, 3.63) is 28.7 Å². The molecular formula is C11H12BrNO. The van der Waals surface area contributed by atoms with Crippen LogP contribution in [-0.4, -0.2) is 12.5 Å². The molecular weight excluding hydrogens is 242 g/mol. The van der Waals surface area contributed by atoms with Gasteiger partial charge >= 0.3 is 0 Å². The molecule has 2 rings (SSSR count). The highest BCUT2D eigenvalue weighted by atomic mass is 79.9. The van der Waals surface area contributed by atoms with Gasteiger partial charge in [0, 0.05) is 23.1 Å². The molecule has 0 N–H and O–H groups in total. The summed E-state index contributed by atoms with van der Waals surface area (Å²) in [6.07, 6.45) is 0.677. The number of hydrogen-bond donors (Lipinski definition) is 0. The molecule has 1 aliphatic heterocycles. The van der Waals surface area contributed by atoms with Crippen LogP contribution in [0.3, 0.4) is 0 Å². The summed E-state index contributed by atoms with van der Waals surface area (Å²) in [6, 6.07) is 7.87. The first-order valence-electron chi connectivity index (χ1n) is 4.73. The van der Waals surface area contributed by atoms with Crippen molar-refractivity contribution in [1.82, 2.24) is 0 Å². The second-order valence-corrected chi connectivity index (χ2v) is 4.71. The van der Waals surface area contributed by atoms with Gasteiger partial charge in [-0.1, -0.05) is 22.9 Å². The first-order chi connectivity index (χ1) is 6.66. The van der Waals surface area contributed by atoms with Gasteiger partial charge in [0.15, 0.2) is 0 Å². The zero-order chi connectivity index (χ0) is 10.1. The molecule has 0 aliphatic carbocycles. The van der Waals surface area contributed by atoms with Gasteiger partial charge in [-0.05, 0) is 30.2 Å². The summed E-state index contributed by atoms with van der Waals surface area (Å²) >= 11 is 3.38. The molecule has 1 aliphatic rings. The lowest BCUT2D eigenvalue weighted by Crippen LogP contribution is -2.24. The van der Waals surface area contributed by atoms with Gasteiger partial charge in [0.05, 0.1) is 0 Å². The lowest BCUT2D eigenvalue weighted by atomic mass is 10.2. The van der Waals surface area contributed by atoms with Gasteiger partial charge in [0.1, 0.15) is 0 Å². The van der Waals surface area contributed by atoms with Crippen LogP contribution in [0.4, 0.5) is 5.69 Å². The number of anilines is 1. The normalized spacial score (nSPS) is 21.7. The monoisotopic (exact) mass is 253 g/mol. The first kappa shape index (κ1) is 9.71.